The molecule has 26 heavy (non-hydrogen) atoms. The molecule has 0 spiro atoms. The highest BCUT2D eigenvalue weighted by Gasteiger charge is 2.24. The van der Waals surface area contributed by atoms with Crippen molar-refractivity contribution < 1.29 is 0 Å². The Balaban J connectivity index is 2.00. The van der Waals surface area contributed by atoms with E-state index < -0.39 is 0 Å². The third kappa shape index (κ3) is 3.11. The van der Waals surface area contributed by atoms with E-state index in [1.54, 1.807) is 0 Å². The Morgan fingerprint density at radius 3 is 2.27 bits per heavy atom. The number of rotatable bonds is 4. The number of benzene rings is 2. The Bertz CT molecular complexity index is 905. The zero-order valence-corrected chi connectivity index (χ0v) is 15.4. The second-order valence-electron chi connectivity index (χ2n) is 7.07. The zero-order chi connectivity index (χ0) is 17.9. The molecule has 0 unspecified atom stereocenters. The summed E-state index contributed by atoms with van der Waals surface area (Å²) in [5.41, 5.74) is 7.29. The second kappa shape index (κ2) is 7.30. The molecule has 1 N–H and O–H groups in total. The maximum Gasteiger partial charge on any atom is 0.0938 e. The van der Waals surface area contributed by atoms with Gasteiger partial charge in [-0.1, -0.05) is 68.5 Å². The monoisotopic (exact) mass is 343 g/mol. The molecule has 3 heteroatoms. The van der Waals surface area contributed by atoms with Crippen LogP contribution in [-0.4, -0.2) is 22.9 Å². The largest absolute Gasteiger partial charge is 0.312 e. The van der Waals surface area contributed by atoms with Crippen LogP contribution in [-0.2, 0) is 0 Å². The van der Waals surface area contributed by atoms with Crippen LogP contribution in [0.3, 0.4) is 0 Å². The quantitative estimate of drug-likeness (QED) is 0.719. The SMILES string of the molecule is CC(C)c1c(C2=CCCNC2)nn(-c2ccccc2)c1-c1ccccc1. The van der Waals surface area contributed by atoms with E-state index in [1.807, 2.05) is 6.07 Å². The van der Waals surface area contributed by atoms with Gasteiger partial charge in [0, 0.05) is 17.7 Å². The van der Waals surface area contributed by atoms with Crippen molar-refractivity contribution in [3.05, 3.63) is 78.0 Å². The van der Waals surface area contributed by atoms with Crippen LogP contribution in [0.5, 0.6) is 0 Å². The molecule has 1 aliphatic heterocycles. The lowest BCUT2D eigenvalue weighted by atomic mass is 9.92. The number of hydrogen-bond donors (Lipinski definition) is 1. The average molecular weight is 343 g/mol. The molecule has 4 rings (SSSR count). The van der Waals surface area contributed by atoms with Crippen molar-refractivity contribution in [1.29, 1.82) is 0 Å². The van der Waals surface area contributed by atoms with Gasteiger partial charge in [-0.3, -0.25) is 0 Å². The van der Waals surface area contributed by atoms with Gasteiger partial charge in [0.2, 0.25) is 0 Å². The average Bonchev–Trinajstić information content (AvgIpc) is 3.11. The summed E-state index contributed by atoms with van der Waals surface area (Å²) >= 11 is 0. The zero-order valence-electron chi connectivity index (χ0n) is 15.4. The van der Waals surface area contributed by atoms with Crippen molar-refractivity contribution >= 4 is 5.57 Å². The Morgan fingerprint density at radius 2 is 1.65 bits per heavy atom. The van der Waals surface area contributed by atoms with Crippen molar-refractivity contribution in [1.82, 2.24) is 15.1 Å². The first-order valence-corrected chi connectivity index (χ1v) is 9.39. The highest BCUT2D eigenvalue weighted by molar-refractivity contribution is 5.77. The van der Waals surface area contributed by atoms with Crippen LogP contribution >= 0.6 is 0 Å². The molecule has 0 radical (unpaired) electrons. The molecular formula is C23H25N3. The van der Waals surface area contributed by atoms with Crippen molar-refractivity contribution in [3.63, 3.8) is 0 Å². The molecule has 132 valence electrons. The normalized spacial score (nSPS) is 14.5. The van der Waals surface area contributed by atoms with Gasteiger partial charge in [0.05, 0.1) is 17.1 Å². The Kier molecular flexibility index (Phi) is 4.72. The molecule has 0 bridgehead atoms. The third-order valence-corrected chi connectivity index (χ3v) is 4.88. The van der Waals surface area contributed by atoms with Gasteiger partial charge in [-0.2, -0.15) is 5.10 Å². The standard InChI is InChI=1S/C23H25N3/c1-17(2)21-22(19-12-9-15-24-16-19)25-26(20-13-7-4-8-14-20)23(21)18-10-5-3-6-11-18/h3-8,10-14,17,24H,9,15-16H2,1-2H3. The van der Waals surface area contributed by atoms with E-state index in [1.165, 1.54) is 22.4 Å². The molecule has 0 amide bonds. The molecule has 0 saturated carbocycles. The molecule has 0 aliphatic carbocycles. The summed E-state index contributed by atoms with van der Waals surface area (Å²) in [6, 6.07) is 21.1. The molecule has 2 heterocycles. The van der Waals surface area contributed by atoms with Gasteiger partial charge >= 0.3 is 0 Å². The summed E-state index contributed by atoms with van der Waals surface area (Å²) in [6.07, 6.45) is 3.40. The first kappa shape index (κ1) is 16.8. The van der Waals surface area contributed by atoms with E-state index in [4.69, 9.17) is 5.10 Å². The summed E-state index contributed by atoms with van der Waals surface area (Å²) in [4.78, 5) is 0. The first-order chi connectivity index (χ1) is 12.8. The summed E-state index contributed by atoms with van der Waals surface area (Å²) in [7, 11) is 0. The second-order valence-corrected chi connectivity index (χ2v) is 7.07. The molecule has 0 fully saturated rings. The topological polar surface area (TPSA) is 29.9 Å². The highest BCUT2D eigenvalue weighted by atomic mass is 15.3. The van der Waals surface area contributed by atoms with Crippen molar-refractivity contribution in [3.8, 4) is 16.9 Å². The van der Waals surface area contributed by atoms with Crippen LogP contribution in [0.1, 0.15) is 37.4 Å². The molecule has 1 aromatic heterocycles. The van der Waals surface area contributed by atoms with E-state index in [0.717, 1.165) is 30.9 Å². The van der Waals surface area contributed by atoms with Gasteiger partial charge in [-0.15, -0.1) is 0 Å². The Hall–Kier alpha value is -2.65. The fraction of sp³-hybridized carbons (Fsp3) is 0.261. The minimum absolute atomic E-state index is 0.389. The minimum atomic E-state index is 0.389. The summed E-state index contributed by atoms with van der Waals surface area (Å²) in [5.74, 6) is 0.389. The van der Waals surface area contributed by atoms with Crippen LogP contribution in [0.4, 0.5) is 0 Å². The number of para-hydroxylation sites is 1. The number of nitrogens with zero attached hydrogens (tertiary/aromatic N) is 2. The van der Waals surface area contributed by atoms with Crippen molar-refractivity contribution in [2.24, 2.45) is 0 Å². The maximum atomic E-state index is 5.11. The van der Waals surface area contributed by atoms with Gasteiger partial charge < -0.3 is 5.32 Å². The molecule has 0 atom stereocenters. The fourth-order valence-corrected chi connectivity index (χ4v) is 3.67. The fourth-order valence-electron chi connectivity index (χ4n) is 3.67. The van der Waals surface area contributed by atoms with Crippen LogP contribution in [0.25, 0.3) is 22.5 Å². The predicted molar refractivity (Wildman–Crippen MR) is 109 cm³/mol. The van der Waals surface area contributed by atoms with Crippen molar-refractivity contribution in [2.45, 2.75) is 26.2 Å². The number of aromatic nitrogens is 2. The van der Waals surface area contributed by atoms with E-state index in [0.29, 0.717) is 5.92 Å². The molecule has 3 nitrogen and oxygen atoms in total. The van der Waals surface area contributed by atoms with Gasteiger partial charge in [-0.25, -0.2) is 4.68 Å². The van der Waals surface area contributed by atoms with Crippen LogP contribution in [0.2, 0.25) is 0 Å². The predicted octanol–water partition coefficient (Wildman–Crippen LogP) is 5.04. The Labute approximate surface area is 155 Å². The van der Waals surface area contributed by atoms with Crippen molar-refractivity contribution in [2.75, 3.05) is 13.1 Å². The maximum absolute atomic E-state index is 5.11. The minimum Gasteiger partial charge on any atom is -0.312 e. The molecule has 3 aromatic rings. The molecule has 1 aliphatic rings. The smallest absolute Gasteiger partial charge is 0.0938 e. The van der Waals surface area contributed by atoms with Gasteiger partial charge in [0.15, 0.2) is 0 Å². The number of hydrogen-bond acceptors (Lipinski definition) is 2. The lowest BCUT2D eigenvalue weighted by Gasteiger charge is -2.16. The first-order valence-electron chi connectivity index (χ1n) is 9.39. The van der Waals surface area contributed by atoms with Gasteiger partial charge in [0.25, 0.3) is 0 Å². The van der Waals surface area contributed by atoms with E-state index in [2.05, 4.69) is 84.5 Å². The van der Waals surface area contributed by atoms with Gasteiger partial charge in [-0.05, 0) is 36.6 Å². The third-order valence-electron chi connectivity index (χ3n) is 4.88. The van der Waals surface area contributed by atoms with Crippen LogP contribution in [0.15, 0.2) is 66.7 Å². The van der Waals surface area contributed by atoms with E-state index in [9.17, 15) is 0 Å². The molecular weight excluding hydrogens is 318 g/mol. The summed E-state index contributed by atoms with van der Waals surface area (Å²) in [5, 5.41) is 8.60. The summed E-state index contributed by atoms with van der Waals surface area (Å²) < 4.78 is 2.12. The number of nitrogens with one attached hydrogen (secondary N) is 1. The van der Waals surface area contributed by atoms with Crippen LogP contribution < -0.4 is 5.32 Å². The summed E-state index contributed by atoms with van der Waals surface area (Å²) in [6.45, 7) is 6.46. The molecule has 0 saturated heterocycles. The lowest BCUT2D eigenvalue weighted by molar-refractivity contribution is 0.733. The lowest BCUT2D eigenvalue weighted by Crippen LogP contribution is -2.22. The van der Waals surface area contributed by atoms with Gasteiger partial charge in [0.1, 0.15) is 0 Å². The van der Waals surface area contributed by atoms with E-state index >= 15 is 0 Å². The Morgan fingerprint density at radius 1 is 0.962 bits per heavy atom. The highest BCUT2D eigenvalue weighted by Crippen LogP contribution is 2.37. The van der Waals surface area contributed by atoms with Crippen LogP contribution in [0, 0.1) is 0 Å². The molecule has 2 aromatic carbocycles. The van der Waals surface area contributed by atoms with E-state index in [-0.39, 0.29) is 0 Å².